The molecule has 0 bridgehead atoms. The number of hydrogen-bond acceptors (Lipinski definition) is 4. The summed E-state index contributed by atoms with van der Waals surface area (Å²) >= 11 is 0. The van der Waals surface area contributed by atoms with Gasteiger partial charge in [-0.1, -0.05) is 24.3 Å². The molecule has 1 amide bonds. The second-order valence-corrected chi connectivity index (χ2v) is 9.05. The molecule has 0 aliphatic carbocycles. The number of benzene rings is 2. The smallest absolute Gasteiger partial charge is 0.254 e. The number of carbonyl (C=O) groups excluding carboxylic acids is 1. The molecule has 1 aromatic heterocycles. The van der Waals surface area contributed by atoms with Crippen LogP contribution in [-0.2, 0) is 4.74 Å². The van der Waals surface area contributed by atoms with Crippen LogP contribution in [0.2, 0.25) is 0 Å². The summed E-state index contributed by atoms with van der Waals surface area (Å²) < 4.78 is 5.50. The Morgan fingerprint density at radius 1 is 1.06 bits per heavy atom. The molecular weight excluding hydrogens is 398 g/mol. The minimum Gasteiger partial charge on any atom is -0.379 e. The number of aryl methyl sites for hydroxylation is 1. The summed E-state index contributed by atoms with van der Waals surface area (Å²) in [7, 11) is 0. The first-order valence-electron chi connectivity index (χ1n) is 11.7. The van der Waals surface area contributed by atoms with Gasteiger partial charge in [0.05, 0.1) is 13.2 Å². The lowest BCUT2D eigenvalue weighted by atomic mass is 9.96. The van der Waals surface area contributed by atoms with Crippen LogP contribution in [0.1, 0.15) is 35.2 Å². The fraction of sp³-hybridized carbons (Fsp3) is 0.407. The average molecular weight is 430 g/mol. The standard InChI is InChI=1S/C27H31N3O2/c1-20-15-23(18-28-17-20)25-7-4-5-21-16-22(8-9-26(21)25)27(31)30-10-3-2-6-24(30)19-29-11-13-32-14-12-29/h4-5,7-9,15-18,24H,2-3,6,10-14,19H2,1H3. The first kappa shape index (κ1) is 21.1. The van der Waals surface area contributed by atoms with Crippen LogP contribution in [0.15, 0.2) is 54.9 Å². The molecule has 0 spiro atoms. The molecule has 1 atom stereocenters. The Morgan fingerprint density at radius 3 is 2.78 bits per heavy atom. The summed E-state index contributed by atoms with van der Waals surface area (Å²) in [6, 6.07) is 14.9. The van der Waals surface area contributed by atoms with Crippen molar-refractivity contribution in [3.8, 4) is 11.1 Å². The highest BCUT2D eigenvalue weighted by Gasteiger charge is 2.29. The highest BCUT2D eigenvalue weighted by molar-refractivity contribution is 6.02. The minimum absolute atomic E-state index is 0.160. The summed E-state index contributed by atoms with van der Waals surface area (Å²) in [6.07, 6.45) is 7.15. The van der Waals surface area contributed by atoms with E-state index in [1.807, 2.05) is 18.5 Å². The summed E-state index contributed by atoms with van der Waals surface area (Å²) in [6.45, 7) is 7.38. The second kappa shape index (κ2) is 9.39. The predicted octanol–water partition coefficient (Wildman–Crippen LogP) is 4.54. The lowest BCUT2D eigenvalue weighted by Gasteiger charge is -2.39. The van der Waals surface area contributed by atoms with Crippen molar-refractivity contribution in [2.75, 3.05) is 39.4 Å². The molecule has 2 aliphatic heterocycles. The van der Waals surface area contributed by atoms with Crippen LogP contribution in [0, 0.1) is 6.92 Å². The van der Waals surface area contributed by atoms with Crippen molar-refractivity contribution in [3.63, 3.8) is 0 Å². The van der Waals surface area contributed by atoms with Crippen LogP contribution < -0.4 is 0 Å². The van der Waals surface area contributed by atoms with Gasteiger partial charge in [0.25, 0.3) is 5.91 Å². The Kier molecular flexibility index (Phi) is 6.19. The van der Waals surface area contributed by atoms with Crippen molar-refractivity contribution < 1.29 is 9.53 Å². The number of ether oxygens (including phenoxy) is 1. The fourth-order valence-corrected chi connectivity index (χ4v) is 5.08. The normalized spacial score (nSPS) is 19.9. The second-order valence-electron chi connectivity index (χ2n) is 9.05. The maximum atomic E-state index is 13.6. The molecule has 2 aliphatic rings. The number of nitrogens with zero attached hydrogens (tertiary/aromatic N) is 3. The van der Waals surface area contributed by atoms with Crippen LogP contribution in [0.3, 0.4) is 0 Å². The van der Waals surface area contributed by atoms with Crippen molar-refractivity contribution in [1.29, 1.82) is 0 Å². The van der Waals surface area contributed by atoms with Crippen molar-refractivity contribution in [1.82, 2.24) is 14.8 Å². The quantitative estimate of drug-likeness (QED) is 0.611. The van der Waals surface area contributed by atoms with Gasteiger partial charge in [-0.2, -0.15) is 0 Å². The van der Waals surface area contributed by atoms with E-state index in [1.165, 1.54) is 6.42 Å². The van der Waals surface area contributed by atoms with Crippen molar-refractivity contribution in [2.45, 2.75) is 32.2 Å². The molecule has 2 fully saturated rings. The molecule has 0 N–H and O–H groups in total. The lowest BCUT2D eigenvalue weighted by Crippen LogP contribution is -2.51. The third-order valence-corrected chi connectivity index (χ3v) is 6.77. The molecule has 0 radical (unpaired) electrons. The van der Waals surface area contributed by atoms with Gasteiger partial charge in [-0.05, 0) is 66.3 Å². The average Bonchev–Trinajstić information content (AvgIpc) is 2.84. The lowest BCUT2D eigenvalue weighted by molar-refractivity contribution is 0.0166. The maximum absolute atomic E-state index is 13.6. The van der Waals surface area contributed by atoms with Gasteiger partial charge in [0.2, 0.25) is 0 Å². The molecule has 5 rings (SSSR count). The molecule has 1 unspecified atom stereocenters. The third kappa shape index (κ3) is 4.41. The predicted molar refractivity (Wildman–Crippen MR) is 128 cm³/mol. The van der Waals surface area contributed by atoms with Crippen LogP contribution in [-0.4, -0.2) is 66.1 Å². The highest BCUT2D eigenvalue weighted by atomic mass is 16.5. The van der Waals surface area contributed by atoms with E-state index in [9.17, 15) is 4.79 Å². The zero-order valence-corrected chi connectivity index (χ0v) is 18.8. The van der Waals surface area contributed by atoms with Gasteiger partial charge in [-0.3, -0.25) is 14.7 Å². The number of aromatic nitrogens is 1. The molecule has 0 saturated carbocycles. The molecule has 32 heavy (non-hydrogen) atoms. The van der Waals surface area contributed by atoms with E-state index in [2.05, 4.69) is 58.1 Å². The number of amides is 1. The van der Waals surface area contributed by atoms with Crippen LogP contribution >= 0.6 is 0 Å². The van der Waals surface area contributed by atoms with E-state index in [0.717, 1.165) is 85.3 Å². The van der Waals surface area contributed by atoms with E-state index in [4.69, 9.17) is 4.74 Å². The number of morpholine rings is 1. The van der Waals surface area contributed by atoms with Crippen molar-refractivity contribution in [3.05, 3.63) is 66.0 Å². The van der Waals surface area contributed by atoms with E-state index >= 15 is 0 Å². The zero-order valence-electron chi connectivity index (χ0n) is 18.8. The Bertz CT molecular complexity index is 1110. The Labute approximate surface area is 190 Å². The number of fused-ring (bicyclic) bond motifs is 1. The number of likely N-dealkylation sites (tertiary alicyclic amines) is 1. The van der Waals surface area contributed by atoms with Gasteiger partial charge in [0.15, 0.2) is 0 Å². The molecule has 3 heterocycles. The molecule has 2 aromatic carbocycles. The molecule has 5 heteroatoms. The van der Waals surface area contributed by atoms with Crippen LogP contribution in [0.4, 0.5) is 0 Å². The van der Waals surface area contributed by atoms with Crippen molar-refractivity contribution in [2.24, 2.45) is 0 Å². The zero-order chi connectivity index (χ0) is 21.9. The van der Waals surface area contributed by atoms with E-state index in [-0.39, 0.29) is 11.9 Å². The molecule has 5 nitrogen and oxygen atoms in total. The van der Waals surface area contributed by atoms with E-state index < -0.39 is 0 Å². The topological polar surface area (TPSA) is 45.7 Å². The van der Waals surface area contributed by atoms with Gasteiger partial charge in [0.1, 0.15) is 0 Å². The number of hydrogen-bond donors (Lipinski definition) is 0. The van der Waals surface area contributed by atoms with Gasteiger partial charge >= 0.3 is 0 Å². The third-order valence-electron chi connectivity index (χ3n) is 6.77. The SMILES string of the molecule is Cc1cncc(-c2cccc3cc(C(=O)N4CCCCC4CN4CCOCC4)ccc23)c1. The monoisotopic (exact) mass is 429 g/mol. The first-order chi connectivity index (χ1) is 15.7. The molecule has 166 valence electrons. The first-order valence-corrected chi connectivity index (χ1v) is 11.7. The molecular formula is C27H31N3O2. The number of carbonyl (C=O) groups is 1. The maximum Gasteiger partial charge on any atom is 0.254 e. The Morgan fingerprint density at radius 2 is 1.94 bits per heavy atom. The summed E-state index contributed by atoms with van der Waals surface area (Å²) in [5.41, 5.74) is 4.19. The Balaban J connectivity index is 1.41. The van der Waals surface area contributed by atoms with Crippen molar-refractivity contribution >= 4 is 16.7 Å². The van der Waals surface area contributed by atoms with E-state index in [1.54, 1.807) is 0 Å². The fourth-order valence-electron chi connectivity index (χ4n) is 5.08. The number of pyridine rings is 1. The largest absolute Gasteiger partial charge is 0.379 e. The summed E-state index contributed by atoms with van der Waals surface area (Å²) in [4.78, 5) is 22.5. The summed E-state index contributed by atoms with van der Waals surface area (Å²) in [5, 5.41) is 2.25. The Hall–Kier alpha value is -2.76. The highest BCUT2D eigenvalue weighted by Crippen LogP contribution is 2.30. The van der Waals surface area contributed by atoms with Gasteiger partial charge in [-0.25, -0.2) is 0 Å². The number of piperidine rings is 1. The molecule has 2 saturated heterocycles. The van der Waals surface area contributed by atoms with Gasteiger partial charge in [-0.15, -0.1) is 0 Å². The molecule has 3 aromatic rings. The number of rotatable bonds is 4. The van der Waals surface area contributed by atoms with Gasteiger partial charge in [0, 0.05) is 55.7 Å². The summed E-state index contributed by atoms with van der Waals surface area (Å²) in [5.74, 6) is 0.160. The minimum atomic E-state index is 0.160. The van der Waals surface area contributed by atoms with Gasteiger partial charge < -0.3 is 9.64 Å². The van der Waals surface area contributed by atoms with E-state index in [0.29, 0.717) is 0 Å². The van der Waals surface area contributed by atoms with Crippen LogP contribution in [0.25, 0.3) is 21.9 Å². The van der Waals surface area contributed by atoms with Crippen LogP contribution in [0.5, 0.6) is 0 Å².